The maximum atomic E-state index is 14.6. The van der Waals surface area contributed by atoms with Gasteiger partial charge in [0.05, 0.1) is 49.0 Å². The number of carbonyl (C=O) groups excluding carboxylic acids is 9. The highest BCUT2D eigenvalue weighted by Crippen LogP contribution is 2.41. The van der Waals surface area contributed by atoms with Crippen molar-refractivity contribution in [1.82, 2.24) is 93.8 Å². The standard InChI is InChI=1S/C30H32BrFN8O4.C29H29BrFN7O7S.C28H27BrFN7O5/c1-17(41)29-22-11-21(19-13-33-18(2)34-14-19)25(44-9-8-38(3)4)12-23(22)40(37-29)16-28(42)39-15-20(32)10-24(39)30(43)36-27-7-5-6-26(31)35-27;1-16(39)28-21-10-20(18-12-32-17(2)33-13-18)24(44-7-8-45-46(3,42)43)11-22(21)38(36-28)15-27(40)37-14-19(31)9-23(37)29(41)35-26-6-4-5-25(30)34-26;1-15(39)27-20-9-19(17-11-31-16(2)32-12-17)23(42-7-6-38)10-21(20)37(35-27)14-26(40)36-13-18(30)8-22(36)28(41)34-25-5-3-4-24(29)33-25/h5-7,11-14,20,24H,8-10,15-16H2,1-4H3,(H,35,36,43);4-6,10-13,19,23H,7-9,14-15H2,1-3H3,(H,34,35,41);3-5,9-12,18,22,38H,6-8,13-14H2,1-2H3,(H,33,34,41)/t20-,24+;19-,23+;18-,22+/m111/s1. The van der Waals surface area contributed by atoms with Crippen molar-refractivity contribution in [2.45, 2.75) is 117 Å². The number of aromatic nitrogens is 15. The number of rotatable bonds is 30. The number of alkyl halides is 3. The van der Waals surface area contributed by atoms with E-state index in [1.807, 2.05) is 19.0 Å². The van der Waals surface area contributed by atoms with Crippen LogP contribution in [0.5, 0.6) is 17.2 Å². The third-order valence-electron chi connectivity index (χ3n) is 21.0. The van der Waals surface area contributed by atoms with Crippen LogP contribution in [0.1, 0.15) is 89.0 Å². The van der Waals surface area contributed by atoms with Gasteiger partial charge in [0.2, 0.25) is 35.4 Å². The van der Waals surface area contributed by atoms with Gasteiger partial charge in [0.1, 0.15) is 166 Å². The summed E-state index contributed by atoms with van der Waals surface area (Å²) in [5, 5.41) is 32.0. The molecule has 45 heteroatoms. The fourth-order valence-corrected chi connectivity index (χ4v) is 16.3. The predicted octanol–water partition coefficient (Wildman–Crippen LogP) is 9.89. The number of anilines is 3. The smallest absolute Gasteiger partial charge is 0.264 e. The van der Waals surface area contributed by atoms with Gasteiger partial charge in [-0.15, -0.1) is 0 Å². The van der Waals surface area contributed by atoms with Crippen LogP contribution in [-0.2, 0) is 62.7 Å². The number of nitrogens with one attached hydrogen (secondary N) is 3. The molecule has 0 aliphatic carbocycles. The molecule has 3 aliphatic rings. The Labute approximate surface area is 777 Å². The van der Waals surface area contributed by atoms with E-state index in [1.165, 1.54) is 44.6 Å². The number of aliphatic hydroxyl groups excluding tert-OH is 1. The van der Waals surface area contributed by atoms with Gasteiger partial charge in [-0.05, 0) is 137 Å². The third kappa shape index (κ3) is 23.9. The second kappa shape index (κ2) is 42.5. The first-order chi connectivity index (χ1) is 62.9. The van der Waals surface area contributed by atoms with Crippen LogP contribution in [0.25, 0.3) is 66.1 Å². The molecule has 6 atom stereocenters. The summed E-state index contributed by atoms with van der Waals surface area (Å²) in [6.45, 7) is 7.82. The van der Waals surface area contributed by atoms with E-state index in [-0.39, 0.29) is 136 Å². The maximum absolute atomic E-state index is 14.6. The topological polar surface area (TPSA) is 463 Å². The highest BCUT2D eigenvalue weighted by molar-refractivity contribution is 9.11. The molecule has 0 unspecified atom stereocenters. The van der Waals surface area contributed by atoms with Gasteiger partial charge in [-0.25, -0.2) is 58.0 Å². The molecule has 690 valence electrons. The summed E-state index contributed by atoms with van der Waals surface area (Å²) in [7, 11) is 0.166. The number of likely N-dealkylation sites (tertiary alicyclic amines) is 3. The lowest BCUT2D eigenvalue weighted by Gasteiger charge is -2.23. The monoisotopic (exact) mass is 2020 g/mol. The number of Topliss-reactive ketones (excluding diaryl/α,β-unsaturated/α-hetero) is 3. The van der Waals surface area contributed by atoms with Crippen LogP contribution in [0.4, 0.5) is 30.6 Å². The number of hydrogen-bond acceptors (Lipinski definition) is 29. The van der Waals surface area contributed by atoms with Crippen molar-refractivity contribution in [3.05, 3.63) is 177 Å². The van der Waals surface area contributed by atoms with Crippen LogP contribution < -0.4 is 30.2 Å². The SMILES string of the molecule is CC(=O)c1nn(CC(=O)N2C[C@H](F)C[C@H]2C(=O)Nc2cccc(Br)n2)c2cc(OCCN(C)C)c(-c3cnc(C)nc3)cc12.CC(=O)c1nn(CC(=O)N2C[C@H](F)C[C@H]2C(=O)Nc2cccc(Br)n2)c2cc(OCCO)c(-c3cnc(C)nc3)cc12.CC(=O)c1nn(CC(=O)N2C[C@H](F)C[C@H]2C(=O)Nc2cccc(Br)n2)c2cc(OCCOS(C)(=O)=O)c(-c3cnc(C)nc3)cc12. The number of likely N-dealkylation sites (N-methyl/N-ethyl adjacent to an activating group) is 1. The van der Waals surface area contributed by atoms with E-state index in [1.54, 1.807) is 149 Å². The minimum absolute atomic E-state index is 0.00679. The van der Waals surface area contributed by atoms with Gasteiger partial charge in [-0.1, -0.05) is 18.2 Å². The lowest BCUT2D eigenvalue weighted by molar-refractivity contribution is -0.137. The van der Waals surface area contributed by atoms with Crippen molar-refractivity contribution in [2.24, 2.45) is 0 Å². The third-order valence-corrected chi connectivity index (χ3v) is 22.9. The number of ether oxygens (including phenoxy) is 3. The highest BCUT2D eigenvalue weighted by Gasteiger charge is 2.44. The quantitative estimate of drug-likeness (QED) is 0.0141. The van der Waals surface area contributed by atoms with E-state index in [4.69, 9.17) is 18.4 Å². The first kappa shape index (κ1) is 96.6. The van der Waals surface area contributed by atoms with E-state index in [0.29, 0.717) is 122 Å². The highest BCUT2D eigenvalue weighted by atomic mass is 79.9. The molecule has 9 aromatic heterocycles. The number of pyridine rings is 3. The number of halogens is 6. The Morgan fingerprint density at radius 2 is 0.750 bits per heavy atom. The number of carbonyl (C=O) groups is 9. The van der Waals surface area contributed by atoms with Crippen LogP contribution >= 0.6 is 47.8 Å². The van der Waals surface area contributed by atoms with E-state index >= 15 is 0 Å². The molecule has 3 fully saturated rings. The Morgan fingerprint density at radius 1 is 0.455 bits per heavy atom. The van der Waals surface area contributed by atoms with E-state index in [9.17, 15) is 69.8 Å². The number of nitrogens with zero attached hydrogens (tertiary/aromatic N) is 19. The fraction of sp³-hybridized carbons (Fsp3) is 0.345. The molecule has 6 amide bonds. The molecule has 0 bridgehead atoms. The minimum atomic E-state index is -3.70. The van der Waals surface area contributed by atoms with Crippen molar-refractivity contribution in [3.8, 4) is 50.6 Å². The molecule has 15 rings (SSSR count). The van der Waals surface area contributed by atoms with Gasteiger partial charge in [0.15, 0.2) is 17.3 Å². The fourth-order valence-electron chi connectivity index (χ4n) is 14.9. The summed E-state index contributed by atoms with van der Waals surface area (Å²) < 4.78 is 94.8. The molecular formula is C87H88Br3F3N22O16S. The minimum Gasteiger partial charge on any atom is -0.492 e. The van der Waals surface area contributed by atoms with Crippen LogP contribution in [0.2, 0.25) is 0 Å². The largest absolute Gasteiger partial charge is 0.492 e. The summed E-state index contributed by atoms with van der Waals surface area (Å²) in [4.78, 5) is 161. The summed E-state index contributed by atoms with van der Waals surface area (Å²) in [5.41, 5.74) is 5.18. The lowest BCUT2D eigenvalue weighted by Crippen LogP contribution is -2.44. The molecule has 3 saturated heterocycles. The zero-order valence-electron chi connectivity index (χ0n) is 72.4. The molecule has 38 nitrogen and oxygen atoms in total. The van der Waals surface area contributed by atoms with Crippen molar-refractivity contribution in [2.75, 3.05) is 95.5 Å². The van der Waals surface area contributed by atoms with Gasteiger partial charge < -0.3 is 54.9 Å². The summed E-state index contributed by atoms with van der Waals surface area (Å²) >= 11 is 9.73. The maximum Gasteiger partial charge on any atom is 0.264 e. The molecule has 0 saturated carbocycles. The zero-order valence-corrected chi connectivity index (χ0v) is 78.0. The first-order valence-electron chi connectivity index (χ1n) is 41.1. The Morgan fingerprint density at radius 3 is 1.02 bits per heavy atom. The summed E-state index contributed by atoms with van der Waals surface area (Å²) in [6.07, 6.45) is 5.97. The normalized spacial score (nSPS) is 16.5. The average Bonchev–Trinajstić information content (AvgIpc) is 1.62. The summed E-state index contributed by atoms with van der Waals surface area (Å²) in [5.74, 6) is -0.749. The average molecular weight is 2030 g/mol. The number of aliphatic hydroxyl groups is 1. The predicted molar refractivity (Wildman–Crippen MR) is 486 cm³/mol. The molecule has 132 heavy (non-hydrogen) atoms. The number of hydrogen-bond donors (Lipinski definition) is 4. The van der Waals surface area contributed by atoms with Gasteiger partial charge in [-0.2, -0.15) is 23.7 Å². The molecule has 3 aliphatic heterocycles. The van der Waals surface area contributed by atoms with Crippen molar-refractivity contribution < 1.29 is 88.2 Å². The Balaban J connectivity index is 0.000000168. The van der Waals surface area contributed by atoms with Gasteiger partial charge in [0, 0.05) is 151 Å². The second-order valence-electron chi connectivity index (χ2n) is 31.1. The van der Waals surface area contributed by atoms with Crippen molar-refractivity contribution in [1.29, 1.82) is 0 Å². The lowest BCUT2D eigenvalue weighted by atomic mass is 10.0. The van der Waals surface area contributed by atoms with Crippen molar-refractivity contribution >= 4 is 161 Å². The van der Waals surface area contributed by atoms with Crippen LogP contribution in [0, 0.1) is 20.8 Å². The molecule has 12 heterocycles. The molecule has 0 spiro atoms. The zero-order chi connectivity index (χ0) is 94.7. The van der Waals surface area contributed by atoms with Crippen LogP contribution in [0.3, 0.4) is 0 Å². The first-order valence-corrected chi connectivity index (χ1v) is 45.3. The molecule has 12 aromatic rings. The number of aryl methyl sites for hydroxylation is 3. The molecule has 0 radical (unpaired) electrons. The van der Waals surface area contributed by atoms with Crippen molar-refractivity contribution in [3.63, 3.8) is 0 Å². The van der Waals surface area contributed by atoms with Gasteiger partial charge in [0.25, 0.3) is 10.1 Å². The van der Waals surface area contributed by atoms with Gasteiger partial charge in [-0.3, -0.25) is 61.4 Å². The van der Waals surface area contributed by atoms with Gasteiger partial charge >= 0.3 is 0 Å². The number of amides is 6. The van der Waals surface area contributed by atoms with Crippen LogP contribution in [0.15, 0.2) is 142 Å². The molecule has 4 N–H and O–H groups in total. The van der Waals surface area contributed by atoms with E-state index < -0.39 is 88.7 Å². The summed E-state index contributed by atoms with van der Waals surface area (Å²) in [6, 6.07) is 21.8. The van der Waals surface area contributed by atoms with Crippen LogP contribution in [-0.4, -0.2) is 276 Å². The Kier molecular flexibility index (Phi) is 31.1. The second-order valence-corrected chi connectivity index (χ2v) is 35.2. The molecular weight excluding hydrogens is 1940 g/mol. The Hall–Kier alpha value is -13.0. The Bertz CT molecular complexity index is 6520. The van der Waals surface area contributed by atoms with E-state index in [0.717, 1.165) is 11.2 Å². The number of ketones is 3. The van der Waals surface area contributed by atoms with E-state index in [2.05, 4.69) is 124 Å². The molecule has 3 aromatic carbocycles. The number of fused-ring (bicyclic) bond motifs is 3. The number of benzene rings is 3.